The van der Waals surface area contributed by atoms with E-state index in [0.717, 1.165) is 12.0 Å². The topological polar surface area (TPSA) is 77.7 Å². The fourth-order valence-electron chi connectivity index (χ4n) is 3.47. The van der Waals surface area contributed by atoms with Gasteiger partial charge >= 0.3 is 0 Å². The Bertz CT molecular complexity index is 760. The van der Waals surface area contributed by atoms with Gasteiger partial charge < -0.3 is 18.8 Å². The van der Waals surface area contributed by atoms with Gasteiger partial charge in [-0.25, -0.2) is 0 Å². The fraction of sp³-hybridized carbons (Fsp3) is 0.500. The second-order valence-corrected chi connectivity index (χ2v) is 6.35. The van der Waals surface area contributed by atoms with Crippen LogP contribution in [0.15, 0.2) is 28.7 Å². The van der Waals surface area contributed by atoms with Crippen molar-refractivity contribution in [1.29, 1.82) is 0 Å². The third-order valence-electron chi connectivity index (χ3n) is 4.73. The highest BCUT2D eigenvalue weighted by Crippen LogP contribution is 2.32. The van der Waals surface area contributed by atoms with Crippen LogP contribution in [0.25, 0.3) is 0 Å². The van der Waals surface area contributed by atoms with Gasteiger partial charge in [0.1, 0.15) is 6.04 Å². The number of ether oxygens (including phenoxy) is 2. The molecular formula is C18H21N3O4. The number of rotatable bonds is 3. The molecule has 2 aliphatic rings. The lowest BCUT2D eigenvalue weighted by atomic mass is 9.95. The standard InChI is InChI=1S/C18H21N3O4/c1-12-19-20-18(25-12)15-11-23-9-7-21(15)17(22)10-16-14-5-3-2-4-13(14)6-8-24-16/h2-5,15-16H,6-11H2,1H3/t15-,16+/m0/s1. The normalized spacial score (nSPS) is 23.3. The predicted octanol–water partition coefficient (Wildman–Crippen LogP) is 1.98. The molecule has 7 nitrogen and oxygen atoms in total. The van der Waals surface area contributed by atoms with E-state index in [4.69, 9.17) is 13.9 Å². The summed E-state index contributed by atoms with van der Waals surface area (Å²) in [5.41, 5.74) is 2.37. The highest BCUT2D eigenvalue weighted by atomic mass is 16.5. The van der Waals surface area contributed by atoms with Crippen LogP contribution in [-0.2, 0) is 20.7 Å². The molecule has 1 saturated heterocycles. The number of hydrogen-bond donors (Lipinski definition) is 0. The Labute approximate surface area is 145 Å². The molecule has 0 N–H and O–H groups in total. The first-order chi connectivity index (χ1) is 12.2. The summed E-state index contributed by atoms with van der Waals surface area (Å²) in [6.45, 7) is 3.77. The van der Waals surface area contributed by atoms with Gasteiger partial charge in [-0.2, -0.15) is 0 Å². The van der Waals surface area contributed by atoms with E-state index in [1.165, 1.54) is 5.56 Å². The van der Waals surface area contributed by atoms with E-state index in [2.05, 4.69) is 16.3 Å². The van der Waals surface area contributed by atoms with Crippen molar-refractivity contribution in [2.24, 2.45) is 0 Å². The average molecular weight is 343 g/mol. The van der Waals surface area contributed by atoms with Crippen molar-refractivity contribution in [1.82, 2.24) is 15.1 Å². The minimum Gasteiger partial charge on any atom is -0.423 e. The van der Waals surface area contributed by atoms with Crippen molar-refractivity contribution >= 4 is 5.91 Å². The van der Waals surface area contributed by atoms with E-state index in [1.54, 1.807) is 11.8 Å². The third-order valence-corrected chi connectivity index (χ3v) is 4.73. The van der Waals surface area contributed by atoms with Crippen LogP contribution in [0.2, 0.25) is 0 Å². The van der Waals surface area contributed by atoms with Crippen LogP contribution in [0, 0.1) is 6.92 Å². The van der Waals surface area contributed by atoms with Crippen molar-refractivity contribution in [3.63, 3.8) is 0 Å². The Morgan fingerprint density at radius 2 is 2.16 bits per heavy atom. The minimum absolute atomic E-state index is 0.0193. The van der Waals surface area contributed by atoms with Gasteiger partial charge in [-0.15, -0.1) is 10.2 Å². The smallest absolute Gasteiger partial charge is 0.241 e. The van der Waals surface area contributed by atoms with Gasteiger partial charge in [-0.3, -0.25) is 4.79 Å². The number of aromatic nitrogens is 2. The molecule has 0 saturated carbocycles. The molecule has 2 aliphatic heterocycles. The monoisotopic (exact) mass is 343 g/mol. The number of carbonyl (C=O) groups excluding carboxylic acids is 1. The van der Waals surface area contributed by atoms with E-state index in [-0.39, 0.29) is 18.1 Å². The summed E-state index contributed by atoms with van der Waals surface area (Å²) >= 11 is 0. The summed E-state index contributed by atoms with van der Waals surface area (Å²) in [5, 5.41) is 7.93. The number of fused-ring (bicyclic) bond motifs is 1. The van der Waals surface area contributed by atoms with Gasteiger partial charge in [0.05, 0.1) is 32.3 Å². The Balaban J connectivity index is 1.52. The summed E-state index contributed by atoms with van der Waals surface area (Å²) < 4.78 is 16.9. The van der Waals surface area contributed by atoms with Crippen molar-refractivity contribution in [2.45, 2.75) is 31.9 Å². The summed E-state index contributed by atoms with van der Waals surface area (Å²) in [7, 11) is 0. The Kier molecular flexibility index (Phi) is 4.50. The highest BCUT2D eigenvalue weighted by Gasteiger charge is 2.34. The van der Waals surface area contributed by atoms with Crippen molar-refractivity contribution in [3.05, 3.63) is 47.2 Å². The van der Waals surface area contributed by atoms with Crippen LogP contribution >= 0.6 is 0 Å². The van der Waals surface area contributed by atoms with Gasteiger partial charge in [-0.1, -0.05) is 24.3 Å². The molecule has 7 heteroatoms. The Hall–Kier alpha value is -2.25. The molecule has 2 aromatic rings. The number of amides is 1. The molecule has 4 rings (SSSR count). The number of benzene rings is 1. The van der Waals surface area contributed by atoms with Crippen LogP contribution < -0.4 is 0 Å². The van der Waals surface area contributed by atoms with Crippen molar-refractivity contribution in [2.75, 3.05) is 26.4 Å². The number of nitrogens with zero attached hydrogens (tertiary/aromatic N) is 3. The zero-order valence-corrected chi connectivity index (χ0v) is 14.2. The molecule has 0 unspecified atom stereocenters. The SMILES string of the molecule is Cc1nnc([C@@H]2COCCN2C(=O)C[C@H]2OCCc3ccccc32)o1. The van der Waals surface area contributed by atoms with E-state index in [1.807, 2.05) is 18.2 Å². The molecular weight excluding hydrogens is 322 g/mol. The fourth-order valence-corrected chi connectivity index (χ4v) is 3.47. The van der Waals surface area contributed by atoms with Crippen LogP contribution in [-0.4, -0.2) is 47.4 Å². The van der Waals surface area contributed by atoms with E-state index in [9.17, 15) is 4.79 Å². The summed E-state index contributed by atoms with van der Waals surface area (Å²) in [5.74, 6) is 0.930. The number of morpholine rings is 1. The molecule has 2 atom stereocenters. The third kappa shape index (κ3) is 3.29. The largest absolute Gasteiger partial charge is 0.423 e. The first-order valence-electron chi connectivity index (χ1n) is 8.59. The lowest BCUT2D eigenvalue weighted by Crippen LogP contribution is -2.44. The van der Waals surface area contributed by atoms with E-state index >= 15 is 0 Å². The van der Waals surface area contributed by atoms with E-state index in [0.29, 0.717) is 44.6 Å². The molecule has 0 aliphatic carbocycles. The molecule has 0 bridgehead atoms. The molecule has 3 heterocycles. The quantitative estimate of drug-likeness (QED) is 0.848. The molecule has 1 amide bonds. The maximum absolute atomic E-state index is 13.0. The number of carbonyl (C=O) groups is 1. The maximum Gasteiger partial charge on any atom is 0.241 e. The second-order valence-electron chi connectivity index (χ2n) is 6.35. The number of hydrogen-bond acceptors (Lipinski definition) is 6. The first kappa shape index (κ1) is 16.2. The Morgan fingerprint density at radius 3 is 3.00 bits per heavy atom. The average Bonchev–Trinajstić information content (AvgIpc) is 3.08. The minimum atomic E-state index is -0.332. The number of aryl methyl sites for hydroxylation is 1. The molecule has 1 aromatic heterocycles. The molecule has 132 valence electrons. The van der Waals surface area contributed by atoms with Crippen LogP contribution in [0.3, 0.4) is 0 Å². The van der Waals surface area contributed by atoms with Gasteiger partial charge in [0.2, 0.25) is 17.7 Å². The zero-order valence-electron chi connectivity index (χ0n) is 14.2. The molecule has 0 radical (unpaired) electrons. The zero-order chi connectivity index (χ0) is 17.2. The Morgan fingerprint density at radius 1 is 1.28 bits per heavy atom. The summed E-state index contributed by atoms with van der Waals surface area (Å²) in [6.07, 6.45) is 0.994. The van der Waals surface area contributed by atoms with Gasteiger partial charge in [0.25, 0.3) is 0 Å². The lowest BCUT2D eigenvalue weighted by Gasteiger charge is -2.35. The lowest BCUT2D eigenvalue weighted by molar-refractivity contribution is -0.144. The molecule has 1 fully saturated rings. The molecule has 25 heavy (non-hydrogen) atoms. The highest BCUT2D eigenvalue weighted by molar-refractivity contribution is 5.77. The summed E-state index contributed by atoms with van der Waals surface area (Å²) in [6, 6.07) is 7.84. The van der Waals surface area contributed by atoms with Crippen LogP contribution in [0.5, 0.6) is 0 Å². The van der Waals surface area contributed by atoms with E-state index < -0.39 is 0 Å². The van der Waals surface area contributed by atoms with Crippen LogP contribution in [0.4, 0.5) is 0 Å². The van der Waals surface area contributed by atoms with Gasteiger partial charge in [0, 0.05) is 13.5 Å². The van der Waals surface area contributed by atoms with Crippen LogP contribution in [0.1, 0.15) is 41.5 Å². The van der Waals surface area contributed by atoms with Gasteiger partial charge in [0.15, 0.2) is 0 Å². The second kappa shape index (κ2) is 6.93. The first-order valence-corrected chi connectivity index (χ1v) is 8.59. The maximum atomic E-state index is 13.0. The molecule has 0 spiro atoms. The predicted molar refractivity (Wildman–Crippen MR) is 87.8 cm³/mol. The van der Waals surface area contributed by atoms with Gasteiger partial charge in [-0.05, 0) is 17.5 Å². The van der Waals surface area contributed by atoms with Crippen molar-refractivity contribution in [3.8, 4) is 0 Å². The van der Waals surface area contributed by atoms with Crippen molar-refractivity contribution < 1.29 is 18.7 Å². The molecule has 1 aromatic carbocycles. The summed E-state index contributed by atoms with van der Waals surface area (Å²) in [4.78, 5) is 14.7.